The molecule has 3 N–H and O–H groups in total. The molecule has 1 atom stereocenters. The van der Waals surface area contributed by atoms with Gasteiger partial charge in [0.1, 0.15) is 0 Å². The summed E-state index contributed by atoms with van der Waals surface area (Å²) in [7, 11) is 1.35. The van der Waals surface area contributed by atoms with Gasteiger partial charge < -0.3 is 15.8 Å². The van der Waals surface area contributed by atoms with Crippen LogP contribution in [0, 0.1) is 0 Å². The molecule has 1 fully saturated rings. The number of halogens is 1. The predicted octanol–water partition coefficient (Wildman–Crippen LogP) is 2.61. The Labute approximate surface area is 130 Å². The van der Waals surface area contributed by atoms with E-state index in [0.717, 1.165) is 26.1 Å². The van der Waals surface area contributed by atoms with E-state index in [9.17, 15) is 4.79 Å². The molecule has 0 aliphatic carbocycles. The van der Waals surface area contributed by atoms with Crippen LogP contribution in [0.3, 0.4) is 0 Å². The zero-order valence-corrected chi connectivity index (χ0v) is 13.2. The maximum absolute atomic E-state index is 11.9. The van der Waals surface area contributed by atoms with Crippen LogP contribution in [0.1, 0.15) is 30.1 Å². The van der Waals surface area contributed by atoms with E-state index >= 15 is 0 Å². The minimum absolute atomic E-state index is 0.378. The molecule has 116 valence electrons. The number of nitrogen functional groups attached to an aromatic ring is 1. The van der Waals surface area contributed by atoms with E-state index in [4.69, 9.17) is 22.1 Å². The highest BCUT2D eigenvalue weighted by Gasteiger charge is 2.24. The molecule has 1 heterocycles. The van der Waals surface area contributed by atoms with Gasteiger partial charge in [0, 0.05) is 18.3 Å². The Balaban J connectivity index is 2.17. The number of benzene rings is 1. The Morgan fingerprint density at radius 3 is 3.00 bits per heavy atom. The van der Waals surface area contributed by atoms with Crippen molar-refractivity contribution in [2.24, 2.45) is 0 Å². The number of nitrogens with zero attached hydrogens (tertiary/aromatic N) is 1. The van der Waals surface area contributed by atoms with Crippen LogP contribution in [0.25, 0.3) is 0 Å². The molecule has 5 nitrogen and oxygen atoms in total. The van der Waals surface area contributed by atoms with E-state index < -0.39 is 5.97 Å². The Bertz CT molecular complexity index is 522. The number of esters is 1. The lowest BCUT2D eigenvalue weighted by atomic mass is 10.1. The van der Waals surface area contributed by atoms with Gasteiger partial charge in [0.15, 0.2) is 0 Å². The highest BCUT2D eigenvalue weighted by molar-refractivity contribution is 6.34. The zero-order valence-electron chi connectivity index (χ0n) is 12.5. The van der Waals surface area contributed by atoms with Gasteiger partial charge in [0.2, 0.25) is 0 Å². The standard InChI is InChI=1S/C15H22ClN3O2/c1-3-19-6-4-5-11(19)9-18-14-12(15(20)21-2)7-10(17)8-13(14)16/h7-8,11,18H,3-6,9,17H2,1-2H3. The molecule has 6 heteroatoms. The van der Waals surface area contributed by atoms with Gasteiger partial charge in [-0.2, -0.15) is 0 Å². The summed E-state index contributed by atoms with van der Waals surface area (Å²) in [6, 6.07) is 3.70. The summed E-state index contributed by atoms with van der Waals surface area (Å²) in [6.45, 7) is 5.07. The molecule has 0 radical (unpaired) electrons. The second-order valence-corrected chi connectivity index (χ2v) is 5.63. The van der Waals surface area contributed by atoms with E-state index in [2.05, 4.69) is 17.1 Å². The fourth-order valence-electron chi connectivity index (χ4n) is 2.84. The Morgan fingerprint density at radius 2 is 2.33 bits per heavy atom. The largest absolute Gasteiger partial charge is 0.465 e. The van der Waals surface area contributed by atoms with Crippen molar-refractivity contribution < 1.29 is 9.53 Å². The molecule has 2 rings (SSSR count). The molecule has 0 bridgehead atoms. The molecular weight excluding hydrogens is 290 g/mol. The molecule has 1 aromatic rings. The number of nitrogens with one attached hydrogen (secondary N) is 1. The Hall–Kier alpha value is -1.46. The average Bonchev–Trinajstić information content (AvgIpc) is 2.92. The quantitative estimate of drug-likeness (QED) is 0.646. The van der Waals surface area contributed by atoms with Crippen LogP contribution < -0.4 is 11.1 Å². The number of hydrogen-bond acceptors (Lipinski definition) is 5. The number of methoxy groups -OCH3 is 1. The Morgan fingerprint density at radius 1 is 1.57 bits per heavy atom. The lowest BCUT2D eigenvalue weighted by Crippen LogP contribution is -2.35. The summed E-state index contributed by atoms with van der Waals surface area (Å²) in [4.78, 5) is 14.3. The smallest absolute Gasteiger partial charge is 0.340 e. The van der Waals surface area contributed by atoms with Crippen LogP contribution in [0.15, 0.2) is 12.1 Å². The highest BCUT2D eigenvalue weighted by Crippen LogP contribution is 2.30. The monoisotopic (exact) mass is 311 g/mol. The molecule has 0 spiro atoms. The molecule has 0 saturated carbocycles. The van der Waals surface area contributed by atoms with E-state index in [1.165, 1.54) is 13.5 Å². The number of likely N-dealkylation sites (tertiary alicyclic amines) is 1. The second-order valence-electron chi connectivity index (χ2n) is 5.22. The summed E-state index contributed by atoms with van der Waals surface area (Å²) in [5.74, 6) is -0.439. The third kappa shape index (κ3) is 3.60. The van der Waals surface area contributed by atoms with Crippen molar-refractivity contribution in [2.75, 3.05) is 37.8 Å². The SMILES string of the molecule is CCN1CCCC1CNc1c(Cl)cc(N)cc1C(=O)OC. The number of carbonyl (C=O) groups excluding carboxylic acids is 1. The van der Waals surface area contributed by atoms with Crippen molar-refractivity contribution in [3.8, 4) is 0 Å². The van der Waals surface area contributed by atoms with E-state index in [1.54, 1.807) is 12.1 Å². The van der Waals surface area contributed by atoms with Crippen molar-refractivity contribution in [3.05, 3.63) is 22.7 Å². The van der Waals surface area contributed by atoms with Gasteiger partial charge in [0.05, 0.1) is 23.4 Å². The Kier molecular flexibility index (Phi) is 5.31. The van der Waals surface area contributed by atoms with E-state index in [-0.39, 0.29) is 0 Å². The lowest BCUT2D eigenvalue weighted by Gasteiger charge is -2.24. The van der Waals surface area contributed by atoms with Crippen LogP contribution in [-0.4, -0.2) is 43.7 Å². The number of rotatable bonds is 5. The summed E-state index contributed by atoms with van der Waals surface area (Å²) in [6.07, 6.45) is 2.36. The minimum atomic E-state index is -0.439. The van der Waals surface area contributed by atoms with Gasteiger partial charge in [-0.25, -0.2) is 4.79 Å². The highest BCUT2D eigenvalue weighted by atomic mass is 35.5. The molecule has 0 aromatic heterocycles. The summed E-state index contributed by atoms with van der Waals surface area (Å²) in [5.41, 5.74) is 7.18. The zero-order chi connectivity index (χ0) is 15.4. The predicted molar refractivity (Wildman–Crippen MR) is 86.0 cm³/mol. The van der Waals surface area contributed by atoms with Crippen molar-refractivity contribution in [2.45, 2.75) is 25.8 Å². The van der Waals surface area contributed by atoms with Crippen molar-refractivity contribution in [3.63, 3.8) is 0 Å². The summed E-state index contributed by atoms with van der Waals surface area (Å²) >= 11 is 6.23. The fourth-order valence-corrected chi connectivity index (χ4v) is 3.14. The number of hydrogen-bond donors (Lipinski definition) is 2. The van der Waals surface area contributed by atoms with Crippen LogP contribution in [0.2, 0.25) is 5.02 Å². The molecule has 0 amide bonds. The van der Waals surface area contributed by atoms with Crippen LogP contribution in [0.5, 0.6) is 0 Å². The van der Waals surface area contributed by atoms with Gasteiger partial charge in [-0.3, -0.25) is 4.90 Å². The molecule has 1 saturated heterocycles. The van der Waals surface area contributed by atoms with Crippen molar-refractivity contribution in [1.82, 2.24) is 4.90 Å². The molecule has 21 heavy (non-hydrogen) atoms. The first-order valence-electron chi connectivity index (χ1n) is 7.22. The van der Waals surface area contributed by atoms with Crippen LogP contribution >= 0.6 is 11.6 Å². The molecule has 1 aromatic carbocycles. The van der Waals surface area contributed by atoms with Crippen LogP contribution in [0.4, 0.5) is 11.4 Å². The first kappa shape index (κ1) is 15.9. The van der Waals surface area contributed by atoms with E-state index in [0.29, 0.717) is 28.0 Å². The first-order chi connectivity index (χ1) is 10.1. The van der Waals surface area contributed by atoms with Gasteiger partial charge in [-0.15, -0.1) is 0 Å². The lowest BCUT2D eigenvalue weighted by molar-refractivity contribution is 0.0602. The number of carbonyl (C=O) groups is 1. The third-order valence-electron chi connectivity index (χ3n) is 3.94. The van der Waals surface area contributed by atoms with Gasteiger partial charge >= 0.3 is 5.97 Å². The summed E-state index contributed by atoms with van der Waals surface area (Å²) < 4.78 is 4.80. The minimum Gasteiger partial charge on any atom is -0.465 e. The van der Waals surface area contributed by atoms with Crippen molar-refractivity contribution in [1.29, 1.82) is 0 Å². The molecule has 1 unspecified atom stereocenters. The van der Waals surface area contributed by atoms with E-state index in [1.807, 2.05) is 0 Å². The second kappa shape index (κ2) is 7.00. The van der Waals surface area contributed by atoms with Crippen molar-refractivity contribution >= 4 is 28.9 Å². The van der Waals surface area contributed by atoms with Gasteiger partial charge in [0.25, 0.3) is 0 Å². The first-order valence-corrected chi connectivity index (χ1v) is 7.59. The number of likely N-dealkylation sites (N-methyl/N-ethyl adjacent to an activating group) is 1. The number of ether oxygens (including phenoxy) is 1. The fraction of sp³-hybridized carbons (Fsp3) is 0.533. The average molecular weight is 312 g/mol. The van der Waals surface area contributed by atoms with Crippen LogP contribution in [-0.2, 0) is 4.74 Å². The maximum atomic E-state index is 11.9. The number of anilines is 2. The normalized spacial score (nSPS) is 18.7. The van der Waals surface area contributed by atoms with Gasteiger partial charge in [-0.05, 0) is 38.1 Å². The molecule has 1 aliphatic rings. The van der Waals surface area contributed by atoms with Gasteiger partial charge in [-0.1, -0.05) is 18.5 Å². The summed E-state index contributed by atoms with van der Waals surface area (Å²) in [5, 5.41) is 3.74. The molecule has 1 aliphatic heterocycles. The topological polar surface area (TPSA) is 67.6 Å². The third-order valence-corrected chi connectivity index (χ3v) is 4.24. The molecular formula is C15H22ClN3O2. The number of nitrogens with two attached hydrogens (primary N) is 1. The maximum Gasteiger partial charge on any atom is 0.340 e.